The smallest absolute Gasteiger partial charge is 0.343 e. The van der Waals surface area contributed by atoms with E-state index in [4.69, 9.17) is 18.9 Å². The van der Waals surface area contributed by atoms with E-state index in [0.717, 1.165) is 24.3 Å². The first kappa shape index (κ1) is 44.9. The van der Waals surface area contributed by atoms with Gasteiger partial charge in [0, 0.05) is 6.07 Å². The van der Waals surface area contributed by atoms with Gasteiger partial charge >= 0.3 is 11.9 Å². The van der Waals surface area contributed by atoms with Gasteiger partial charge in [0.05, 0.1) is 47.1 Å². The van der Waals surface area contributed by atoms with Gasteiger partial charge in [-0.25, -0.2) is 9.59 Å². The first-order valence-electron chi connectivity index (χ1n) is 21.5. The first-order valence-corrected chi connectivity index (χ1v) is 21.5. The third-order valence-electron chi connectivity index (χ3n) is 9.70. The van der Waals surface area contributed by atoms with Crippen molar-refractivity contribution in [1.82, 2.24) is 0 Å². The molecule has 0 N–H and O–H groups in total. The maximum absolute atomic E-state index is 12.9. The first-order chi connectivity index (χ1) is 29.5. The summed E-state index contributed by atoms with van der Waals surface area (Å²) in [7, 11) is 0. The predicted octanol–water partition coefficient (Wildman–Crippen LogP) is 15.2. The second kappa shape index (κ2) is 26.0. The molecule has 0 bridgehead atoms. The zero-order valence-corrected chi connectivity index (χ0v) is 35.1. The van der Waals surface area contributed by atoms with Gasteiger partial charge < -0.3 is 18.9 Å². The molecule has 314 valence electrons. The normalized spacial score (nSPS) is 11.2. The minimum Gasteiger partial charge on any atom is -0.494 e. The fraction of sp³-hybridized carbons (Fsp3) is 0.360. The van der Waals surface area contributed by atoms with Gasteiger partial charge in [-0.2, -0.15) is 20.5 Å². The average molecular weight is 811 g/mol. The van der Waals surface area contributed by atoms with Crippen LogP contribution in [0.1, 0.15) is 124 Å². The lowest BCUT2D eigenvalue weighted by atomic mass is 10.1. The fourth-order valence-electron chi connectivity index (χ4n) is 6.21. The molecule has 0 spiro atoms. The van der Waals surface area contributed by atoms with E-state index in [0.29, 0.717) is 47.1 Å². The Hall–Kier alpha value is -6.16. The van der Waals surface area contributed by atoms with Crippen LogP contribution in [0.5, 0.6) is 23.0 Å². The minimum absolute atomic E-state index is 0.229. The van der Waals surface area contributed by atoms with E-state index in [1.54, 1.807) is 66.7 Å². The van der Waals surface area contributed by atoms with Crippen LogP contribution in [0.4, 0.5) is 22.7 Å². The van der Waals surface area contributed by atoms with E-state index in [1.165, 1.54) is 83.1 Å². The quantitative estimate of drug-likeness (QED) is 0.0237. The molecule has 0 aliphatic heterocycles. The van der Waals surface area contributed by atoms with Gasteiger partial charge in [-0.3, -0.25) is 0 Å². The third-order valence-corrected chi connectivity index (χ3v) is 9.70. The van der Waals surface area contributed by atoms with Crippen LogP contribution in [0.3, 0.4) is 0 Å². The van der Waals surface area contributed by atoms with Crippen LogP contribution in [0.15, 0.2) is 142 Å². The molecule has 0 atom stereocenters. The Morgan fingerprint density at radius 2 is 0.700 bits per heavy atom. The molecule has 0 saturated heterocycles. The highest BCUT2D eigenvalue weighted by Crippen LogP contribution is 2.26. The summed E-state index contributed by atoms with van der Waals surface area (Å²) in [6.07, 6.45) is 17.4. The molecule has 5 aromatic rings. The van der Waals surface area contributed by atoms with Crippen molar-refractivity contribution < 1.29 is 28.5 Å². The molecule has 0 radical (unpaired) electrons. The van der Waals surface area contributed by atoms with Gasteiger partial charge in [0.15, 0.2) is 0 Å². The molecule has 0 aromatic heterocycles. The van der Waals surface area contributed by atoms with E-state index in [1.807, 2.05) is 48.5 Å². The van der Waals surface area contributed by atoms with Crippen molar-refractivity contribution >= 4 is 34.7 Å². The van der Waals surface area contributed by atoms with E-state index >= 15 is 0 Å². The molecule has 0 aliphatic rings. The molecule has 5 rings (SSSR count). The summed E-state index contributed by atoms with van der Waals surface area (Å²) in [5.74, 6) is 0.951. The second-order valence-electron chi connectivity index (χ2n) is 14.7. The van der Waals surface area contributed by atoms with Gasteiger partial charge in [0.25, 0.3) is 0 Å². The van der Waals surface area contributed by atoms with E-state index < -0.39 is 11.9 Å². The van der Waals surface area contributed by atoms with Crippen molar-refractivity contribution in [2.75, 3.05) is 13.2 Å². The highest BCUT2D eigenvalue weighted by Gasteiger charge is 2.13. The summed E-state index contributed by atoms with van der Waals surface area (Å²) < 4.78 is 22.9. The molecule has 0 amide bonds. The minimum atomic E-state index is -0.568. The molecule has 10 heteroatoms. The molecule has 0 unspecified atom stereocenters. The number of hydrogen-bond donors (Lipinski definition) is 0. The highest BCUT2D eigenvalue weighted by atomic mass is 16.5. The standard InChI is InChI=1S/C50H58N4O6/c1-3-5-7-9-11-13-15-36-57-45-32-28-43(29-33-45)53-51-41-24-20-39(21-25-41)49(55)59-47-18-17-19-48(38-47)60-50(56)40-22-26-42(27-23-40)52-54-44-30-34-46(35-31-44)58-37-16-14-12-10-8-6-4-2/h17-35,38H,3-16,36-37H2,1-2H3. The summed E-state index contributed by atoms with van der Waals surface area (Å²) in [5.41, 5.74) is 3.21. The Morgan fingerprint density at radius 1 is 0.383 bits per heavy atom. The predicted molar refractivity (Wildman–Crippen MR) is 237 cm³/mol. The second-order valence-corrected chi connectivity index (χ2v) is 14.7. The molecular weight excluding hydrogens is 753 g/mol. The number of esters is 2. The van der Waals surface area contributed by atoms with Crippen LogP contribution in [-0.4, -0.2) is 25.2 Å². The molecule has 60 heavy (non-hydrogen) atoms. The van der Waals surface area contributed by atoms with E-state index in [-0.39, 0.29) is 11.5 Å². The van der Waals surface area contributed by atoms with Crippen LogP contribution in [0.2, 0.25) is 0 Å². The maximum atomic E-state index is 12.9. The molecule has 0 heterocycles. The Labute approximate surface area is 355 Å². The van der Waals surface area contributed by atoms with Crippen molar-refractivity contribution in [3.8, 4) is 23.0 Å². The molecule has 10 nitrogen and oxygen atoms in total. The zero-order chi connectivity index (χ0) is 42.0. The van der Waals surface area contributed by atoms with E-state index in [2.05, 4.69) is 34.3 Å². The number of ether oxygens (including phenoxy) is 4. The lowest BCUT2D eigenvalue weighted by Gasteiger charge is -2.08. The monoisotopic (exact) mass is 810 g/mol. The lowest BCUT2D eigenvalue weighted by Crippen LogP contribution is -2.10. The molecule has 0 saturated carbocycles. The number of rotatable bonds is 26. The highest BCUT2D eigenvalue weighted by molar-refractivity contribution is 5.92. The van der Waals surface area contributed by atoms with Gasteiger partial charge in [0.2, 0.25) is 0 Å². The maximum Gasteiger partial charge on any atom is 0.343 e. The summed E-state index contributed by atoms with van der Waals surface area (Å²) in [4.78, 5) is 25.8. The summed E-state index contributed by atoms with van der Waals surface area (Å²) in [5, 5.41) is 17.2. The van der Waals surface area contributed by atoms with Crippen molar-refractivity contribution in [1.29, 1.82) is 0 Å². The Balaban J connectivity index is 1.02. The van der Waals surface area contributed by atoms with Gasteiger partial charge in [0.1, 0.15) is 23.0 Å². The summed E-state index contributed by atoms with van der Waals surface area (Å²) >= 11 is 0. The SMILES string of the molecule is CCCCCCCCCOc1ccc(N=Nc2ccc(C(=O)Oc3cccc(OC(=O)c4ccc(N=Nc5ccc(OCCCCCCCCC)cc5)cc4)c3)cc2)cc1. The number of nitrogens with zero attached hydrogens (tertiary/aromatic N) is 4. The Morgan fingerprint density at radius 3 is 1.05 bits per heavy atom. The lowest BCUT2D eigenvalue weighted by molar-refractivity contribution is 0.0733. The van der Waals surface area contributed by atoms with Crippen molar-refractivity contribution in [3.05, 3.63) is 132 Å². The number of carbonyl (C=O) groups excluding carboxylic acids is 2. The molecule has 0 aliphatic carbocycles. The van der Waals surface area contributed by atoms with Crippen LogP contribution >= 0.6 is 0 Å². The fourth-order valence-corrected chi connectivity index (χ4v) is 6.21. The average Bonchev–Trinajstić information content (AvgIpc) is 3.28. The van der Waals surface area contributed by atoms with Crippen LogP contribution in [0, 0.1) is 0 Å². The van der Waals surface area contributed by atoms with E-state index in [9.17, 15) is 9.59 Å². The molecular formula is C50H58N4O6. The van der Waals surface area contributed by atoms with Crippen molar-refractivity contribution in [2.24, 2.45) is 20.5 Å². The Bertz CT molecular complexity index is 1920. The van der Waals surface area contributed by atoms with Crippen LogP contribution in [-0.2, 0) is 0 Å². The van der Waals surface area contributed by atoms with Crippen LogP contribution < -0.4 is 18.9 Å². The number of azo groups is 2. The summed E-state index contributed by atoms with van der Waals surface area (Å²) in [6.45, 7) is 5.89. The Kier molecular flexibility index (Phi) is 19.5. The van der Waals surface area contributed by atoms with Crippen LogP contribution in [0.25, 0.3) is 0 Å². The molecule has 5 aromatic carbocycles. The van der Waals surface area contributed by atoms with Gasteiger partial charge in [-0.15, -0.1) is 0 Å². The molecule has 0 fully saturated rings. The number of benzene rings is 5. The number of unbranched alkanes of at least 4 members (excludes halogenated alkanes) is 12. The topological polar surface area (TPSA) is 121 Å². The largest absolute Gasteiger partial charge is 0.494 e. The van der Waals surface area contributed by atoms with Crippen molar-refractivity contribution in [2.45, 2.75) is 104 Å². The van der Waals surface area contributed by atoms with Gasteiger partial charge in [-0.05, 0) is 122 Å². The number of hydrogen-bond acceptors (Lipinski definition) is 10. The van der Waals surface area contributed by atoms with Gasteiger partial charge in [-0.1, -0.05) is 97.0 Å². The summed E-state index contributed by atoms with van der Waals surface area (Å²) in [6, 6.07) is 34.6. The van der Waals surface area contributed by atoms with Crippen molar-refractivity contribution in [3.63, 3.8) is 0 Å². The zero-order valence-electron chi connectivity index (χ0n) is 35.1. The third kappa shape index (κ3) is 16.6. The number of carbonyl (C=O) groups is 2.